The Morgan fingerprint density at radius 1 is 1.03 bits per heavy atom. The van der Waals surface area contributed by atoms with E-state index in [4.69, 9.17) is 0 Å². The van der Waals surface area contributed by atoms with Gasteiger partial charge in [-0.1, -0.05) is 18.2 Å². The van der Waals surface area contributed by atoms with Crippen LogP contribution >= 0.6 is 0 Å². The van der Waals surface area contributed by atoms with Gasteiger partial charge in [-0.2, -0.15) is 0 Å². The van der Waals surface area contributed by atoms with E-state index in [-0.39, 0.29) is 21.5 Å². The average molecular weight is 503 g/mol. The summed E-state index contributed by atoms with van der Waals surface area (Å²) in [6, 6.07) is 9.76. The topological polar surface area (TPSA) is 135 Å². The monoisotopic (exact) mass is 502 g/mol. The molecule has 0 saturated heterocycles. The van der Waals surface area contributed by atoms with Crippen LogP contribution in [-0.2, 0) is 19.7 Å². The van der Waals surface area contributed by atoms with E-state index in [1.54, 1.807) is 31.3 Å². The Labute approximate surface area is 197 Å². The molecule has 0 aliphatic heterocycles. The van der Waals surface area contributed by atoms with Gasteiger partial charge in [-0.15, -0.1) is 0 Å². The SMILES string of the molecule is C[C@@H](O)c1nc2c(S(=O)(=O)c3ccccc3)nc3[nH]ccc3c2n1C1CCC(S(C)(=O)=O)CC1. The Balaban J connectivity index is 1.75. The molecule has 1 atom stereocenters. The minimum Gasteiger partial charge on any atom is -0.385 e. The van der Waals surface area contributed by atoms with Crippen molar-refractivity contribution in [2.75, 3.05) is 6.26 Å². The molecule has 1 aliphatic carbocycles. The molecule has 1 saturated carbocycles. The highest BCUT2D eigenvalue weighted by molar-refractivity contribution is 7.91. The number of sulfone groups is 2. The standard InChI is InChI=1S/C23H26N4O5S2/c1-14(28)22-25-19-20(27(22)15-8-10-16(11-9-15)33(2,29)30)18-12-13-24-21(18)26-23(19)34(31,32)17-6-4-3-5-7-17/h3-7,12-16,28H,8-11H2,1-2H3,(H,24,26)/t14-,15?,16?/m1/s1. The maximum atomic E-state index is 13.6. The van der Waals surface area contributed by atoms with Crippen molar-refractivity contribution >= 4 is 41.7 Å². The normalized spacial score (nSPS) is 20.7. The summed E-state index contributed by atoms with van der Waals surface area (Å²) in [5.41, 5.74) is 1.20. The van der Waals surface area contributed by atoms with Crippen LogP contribution in [0, 0.1) is 0 Å². The number of aliphatic hydroxyl groups excluding tert-OH is 1. The molecule has 0 radical (unpaired) electrons. The third-order valence-corrected chi connectivity index (χ3v) is 10.00. The highest BCUT2D eigenvalue weighted by Gasteiger charge is 2.34. The van der Waals surface area contributed by atoms with Crippen LogP contribution in [0.4, 0.5) is 0 Å². The second-order valence-corrected chi connectivity index (χ2v) is 13.1. The smallest absolute Gasteiger partial charge is 0.226 e. The molecule has 0 amide bonds. The molecule has 2 N–H and O–H groups in total. The van der Waals surface area contributed by atoms with E-state index in [0.717, 1.165) is 0 Å². The van der Waals surface area contributed by atoms with E-state index in [2.05, 4.69) is 15.0 Å². The van der Waals surface area contributed by atoms with E-state index in [9.17, 15) is 21.9 Å². The fraction of sp³-hybridized carbons (Fsp3) is 0.391. The lowest BCUT2D eigenvalue weighted by Crippen LogP contribution is -2.28. The molecular weight excluding hydrogens is 476 g/mol. The molecule has 4 aromatic rings. The first-order valence-electron chi connectivity index (χ1n) is 11.1. The third-order valence-electron chi connectivity index (χ3n) is 6.63. The van der Waals surface area contributed by atoms with E-state index in [1.807, 2.05) is 10.6 Å². The van der Waals surface area contributed by atoms with Crippen molar-refractivity contribution < 1.29 is 21.9 Å². The largest absolute Gasteiger partial charge is 0.385 e. The average Bonchev–Trinajstić information content (AvgIpc) is 3.43. The number of imidazole rings is 1. The van der Waals surface area contributed by atoms with Gasteiger partial charge in [0.05, 0.1) is 15.7 Å². The molecule has 3 heterocycles. The van der Waals surface area contributed by atoms with Crippen molar-refractivity contribution in [3.05, 3.63) is 48.4 Å². The van der Waals surface area contributed by atoms with Gasteiger partial charge in [0.15, 0.2) is 5.03 Å². The minimum absolute atomic E-state index is 0.108. The summed E-state index contributed by atoms with van der Waals surface area (Å²) in [4.78, 5) is 12.2. The minimum atomic E-state index is -3.99. The molecule has 0 bridgehead atoms. The second-order valence-electron chi connectivity index (χ2n) is 8.95. The number of fused-ring (bicyclic) bond motifs is 3. The van der Waals surface area contributed by atoms with Crippen molar-refractivity contribution in [1.29, 1.82) is 0 Å². The first-order valence-corrected chi connectivity index (χ1v) is 14.6. The van der Waals surface area contributed by atoms with Crippen LogP contribution in [0.15, 0.2) is 52.5 Å². The Bertz CT molecular complexity index is 1580. The molecule has 9 nitrogen and oxygen atoms in total. The van der Waals surface area contributed by atoms with Crippen LogP contribution in [0.2, 0.25) is 0 Å². The Kier molecular flexibility index (Phi) is 5.53. The van der Waals surface area contributed by atoms with Crippen molar-refractivity contribution in [3.63, 3.8) is 0 Å². The lowest BCUT2D eigenvalue weighted by molar-refractivity contribution is 0.178. The number of hydrogen-bond acceptors (Lipinski definition) is 7. The van der Waals surface area contributed by atoms with Crippen molar-refractivity contribution in [3.8, 4) is 0 Å². The number of aromatic nitrogens is 4. The fourth-order valence-corrected chi connectivity index (χ4v) is 7.43. The molecule has 11 heteroatoms. The van der Waals surface area contributed by atoms with Gasteiger partial charge >= 0.3 is 0 Å². The number of H-pyrrole nitrogens is 1. The molecule has 0 spiro atoms. The fourth-order valence-electron chi connectivity index (χ4n) is 4.95. The van der Waals surface area contributed by atoms with E-state index >= 15 is 0 Å². The predicted molar refractivity (Wildman–Crippen MR) is 128 cm³/mol. The molecule has 0 unspecified atom stereocenters. The van der Waals surface area contributed by atoms with Crippen LogP contribution in [-0.4, -0.2) is 53.0 Å². The summed E-state index contributed by atoms with van der Waals surface area (Å²) in [5, 5.41) is 10.7. The molecule has 1 aromatic carbocycles. The molecule has 180 valence electrons. The second kappa shape index (κ2) is 8.17. The van der Waals surface area contributed by atoms with Gasteiger partial charge in [0, 0.05) is 23.9 Å². The van der Waals surface area contributed by atoms with Gasteiger partial charge in [0.1, 0.15) is 32.9 Å². The number of benzene rings is 1. The van der Waals surface area contributed by atoms with Gasteiger partial charge in [0.25, 0.3) is 0 Å². The predicted octanol–water partition coefficient (Wildman–Crippen LogP) is 3.33. The first kappa shape index (κ1) is 23.0. The number of aromatic amines is 1. The first-order chi connectivity index (χ1) is 16.1. The maximum Gasteiger partial charge on any atom is 0.226 e. The van der Waals surface area contributed by atoms with Gasteiger partial charge < -0.3 is 14.7 Å². The third kappa shape index (κ3) is 3.71. The number of nitrogens with zero attached hydrogens (tertiary/aromatic N) is 3. The Morgan fingerprint density at radius 2 is 1.71 bits per heavy atom. The summed E-state index contributed by atoms with van der Waals surface area (Å²) in [6.45, 7) is 1.59. The Morgan fingerprint density at radius 3 is 2.32 bits per heavy atom. The zero-order chi connectivity index (χ0) is 24.3. The zero-order valence-corrected chi connectivity index (χ0v) is 20.5. The summed E-state index contributed by atoms with van der Waals surface area (Å²) in [6.07, 6.45) is 4.16. The molecule has 1 aliphatic rings. The Hall–Kier alpha value is -2.76. The number of aliphatic hydroxyl groups is 1. The molecule has 34 heavy (non-hydrogen) atoms. The number of rotatable bonds is 5. The van der Waals surface area contributed by atoms with Crippen molar-refractivity contribution in [2.24, 2.45) is 0 Å². The van der Waals surface area contributed by atoms with Gasteiger partial charge in [-0.25, -0.2) is 26.8 Å². The van der Waals surface area contributed by atoms with Crippen molar-refractivity contribution in [2.45, 2.75) is 59.9 Å². The number of pyridine rings is 1. The highest BCUT2D eigenvalue weighted by atomic mass is 32.2. The molecule has 5 rings (SSSR count). The lowest BCUT2D eigenvalue weighted by atomic mass is 9.94. The summed E-state index contributed by atoms with van der Waals surface area (Å²) in [5.74, 6) is 0.345. The highest BCUT2D eigenvalue weighted by Crippen LogP contribution is 2.40. The number of nitrogens with one attached hydrogen (secondary N) is 1. The number of hydrogen-bond donors (Lipinski definition) is 2. The summed E-state index contributed by atoms with van der Waals surface area (Å²) < 4.78 is 53.2. The molecular formula is C23H26N4O5S2. The van der Waals surface area contributed by atoms with E-state index in [0.29, 0.717) is 48.1 Å². The van der Waals surface area contributed by atoms with Crippen LogP contribution in [0.25, 0.3) is 22.1 Å². The van der Waals surface area contributed by atoms with Crippen LogP contribution in [0.1, 0.15) is 50.6 Å². The van der Waals surface area contributed by atoms with Crippen LogP contribution in [0.3, 0.4) is 0 Å². The van der Waals surface area contributed by atoms with Gasteiger partial charge in [-0.3, -0.25) is 0 Å². The van der Waals surface area contributed by atoms with Gasteiger partial charge in [0.2, 0.25) is 9.84 Å². The zero-order valence-electron chi connectivity index (χ0n) is 18.8. The maximum absolute atomic E-state index is 13.6. The van der Waals surface area contributed by atoms with Gasteiger partial charge in [-0.05, 0) is 50.8 Å². The van der Waals surface area contributed by atoms with E-state index < -0.39 is 31.0 Å². The lowest BCUT2D eigenvalue weighted by Gasteiger charge is -2.30. The quantitative estimate of drug-likeness (QED) is 0.427. The van der Waals surface area contributed by atoms with Crippen LogP contribution in [0.5, 0.6) is 0 Å². The summed E-state index contributed by atoms with van der Waals surface area (Å²) >= 11 is 0. The van der Waals surface area contributed by atoms with Crippen LogP contribution < -0.4 is 0 Å². The summed E-state index contributed by atoms with van der Waals surface area (Å²) in [7, 11) is -7.13. The van der Waals surface area contributed by atoms with E-state index in [1.165, 1.54) is 18.4 Å². The van der Waals surface area contributed by atoms with Crippen molar-refractivity contribution in [1.82, 2.24) is 19.5 Å². The molecule has 3 aromatic heterocycles. The molecule has 1 fully saturated rings.